The first-order chi connectivity index (χ1) is 11.6. The number of aryl methyl sites for hydroxylation is 1. The molecule has 0 saturated carbocycles. The van der Waals surface area contributed by atoms with Crippen molar-refractivity contribution in [1.82, 2.24) is 15.1 Å². The lowest BCUT2D eigenvalue weighted by Crippen LogP contribution is -2.29. The van der Waals surface area contributed by atoms with Gasteiger partial charge < -0.3 is 10.1 Å². The van der Waals surface area contributed by atoms with E-state index in [1.807, 2.05) is 12.1 Å². The Balaban J connectivity index is 1.59. The van der Waals surface area contributed by atoms with Crippen LogP contribution in [0.4, 0.5) is 0 Å². The number of hydrogen-bond donors (Lipinski definition) is 1. The van der Waals surface area contributed by atoms with E-state index >= 15 is 0 Å². The topological polar surface area (TPSA) is 39.1 Å². The summed E-state index contributed by atoms with van der Waals surface area (Å²) in [6.45, 7) is 8.71. The third-order valence-corrected chi connectivity index (χ3v) is 5.02. The quantitative estimate of drug-likeness (QED) is 0.865. The summed E-state index contributed by atoms with van der Waals surface area (Å²) in [4.78, 5) is 0. The molecule has 130 valence electrons. The number of nitrogens with zero attached hydrogens (tertiary/aromatic N) is 2. The Morgan fingerprint density at radius 2 is 2.08 bits per heavy atom. The molecule has 1 fully saturated rings. The molecule has 1 aliphatic heterocycles. The average Bonchev–Trinajstić information content (AvgIpc) is 2.85. The standard InChI is InChI=1S/C19H26ClN3O/c1-14-19(11-21-10-17-4-3-9-24-13-17)15(2)23(22-14)12-16-5-7-18(20)8-6-16/h5-8,17,21H,3-4,9-13H2,1-2H3. The van der Waals surface area contributed by atoms with Crippen LogP contribution in [0.5, 0.6) is 0 Å². The second-order valence-electron chi connectivity index (χ2n) is 6.65. The van der Waals surface area contributed by atoms with Gasteiger partial charge in [-0.15, -0.1) is 0 Å². The summed E-state index contributed by atoms with van der Waals surface area (Å²) in [5, 5.41) is 9.07. The molecule has 0 spiro atoms. The van der Waals surface area contributed by atoms with E-state index in [0.717, 1.165) is 43.6 Å². The van der Waals surface area contributed by atoms with Gasteiger partial charge in [0, 0.05) is 36.0 Å². The highest BCUT2D eigenvalue weighted by molar-refractivity contribution is 6.30. The van der Waals surface area contributed by atoms with E-state index in [1.165, 1.54) is 29.7 Å². The summed E-state index contributed by atoms with van der Waals surface area (Å²) in [6, 6.07) is 7.97. The molecule has 24 heavy (non-hydrogen) atoms. The lowest BCUT2D eigenvalue weighted by molar-refractivity contribution is 0.0547. The number of hydrogen-bond acceptors (Lipinski definition) is 3. The summed E-state index contributed by atoms with van der Waals surface area (Å²) >= 11 is 5.96. The zero-order chi connectivity index (χ0) is 16.9. The predicted molar refractivity (Wildman–Crippen MR) is 97.5 cm³/mol. The van der Waals surface area contributed by atoms with E-state index < -0.39 is 0 Å². The van der Waals surface area contributed by atoms with Gasteiger partial charge in [-0.05, 0) is 50.3 Å². The fourth-order valence-corrected chi connectivity index (χ4v) is 3.40. The van der Waals surface area contributed by atoms with Crippen molar-refractivity contribution >= 4 is 11.6 Å². The lowest BCUT2D eigenvalue weighted by atomic mass is 10.0. The van der Waals surface area contributed by atoms with Crippen LogP contribution in [-0.4, -0.2) is 29.5 Å². The minimum Gasteiger partial charge on any atom is -0.381 e. The van der Waals surface area contributed by atoms with Crippen molar-refractivity contribution in [3.05, 3.63) is 51.8 Å². The maximum absolute atomic E-state index is 5.96. The molecule has 0 aliphatic carbocycles. The van der Waals surface area contributed by atoms with E-state index in [2.05, 4.69) is 36.0 Å². The molecule has 1 unspecified atom stereocenters. The van der Waals surface area contributed by atoms with Crippen molar-refractivity contribution in [1.29, 1.82) is 0 Å². The second kappa shape index (κ2) is 8.15. The third kappa shape index (κ3) is 4.38. The minimum absolute atomic E-state index is 0.642. The number of benzene rings is 1. The van der Waals surface area contributed by atoms with Crippen LogP contribution in [0.15, 0.2) is 24.3 Å². The molecule has 0 amide bonds. The molecule has 1 aliphatic rings. The van der Waals surface area contributed by atoms with Gasteiger partial charge in [-0.1, -0.05) is 23.7 Å². The van der Waals surface area contributed by atoms with Gasteiger partial charge in [0.15, 0.2) is 0 Å². The molecule has 2 heterocycles. The Hall–Kier alpha value is -1.36. The molecule has 1 atom stereocenters. The molecule has 3 rings (SSSR count). The van der Waals surface area contributed by atoms with E-state index in [9.17, 15) is 0 Å². The van der Waals surface area contributed by atoms with Crippen molar-refractivity contribution < 1.29 is 4.74 Å². The highest BCUT2D eigenvalue weighted by Gasteiger charge is 2.15. The predicted octanol–water partition coefficient (Wildman–Crippen LogP) is 3.72. The number of rotatable bonds is 6. The van der Waals surface area contributed by atoms with Crippen molar-refractivity contribution in [2.24, 2.45) is 5.92 Å². The van der Waals surface area contributed by atoms with Crippen molar-refractivity contribution in [3.63, 3.8) is 0 Å². The molecule has 0 radical (unpaired) electrons. The zero-order valence-corrected chi connectivity index (χ0v) is 15.3. The fraction of sp³-hybridized carbons (Fsp3) is 0.526. The van der Waals surface area contributed by atoms with Gasteiger partial charge in [0.25, 0.3) is 0 Å². The Kier molecular flexibility index (Phi) is 5.93. The van der Waals surface area contributed by atoms with Crippen LogP contribution in [0.1, 0.15) is 35.4 Å². The normalized spacial score (nSPS) is 18.0. The van der Waals surface area contributed by atoms with Crippen LogP contribution in [0, 0.1) is 19.8 Å². The van der Waals surface area contributed by atoms with Gasteiger partial charge in [0.1, 0.15) is 0 Å². The number of ether oxygens (including phenoxy) is 1. The van der Waals surface area contributed by atoms with E-state index in [-0.39, 0.29) is 0 Å². The molecule has 1 aromatic heterocycles. The van der Waals surface area contributed by atoms with E-state index in [0.29, 0.717) is 5.92 Å². The highest BCUT2D eigenvalue weighted by Crippen LogP contribution is 2.17. The number of nitrogens with one attached hydrogen (secondary N) is 1. The Morgan fingerprint density at radius 3 is 2.79 bits per heavy atom. The molecule has 2 aromatic rings. The van der Waals surface area contributed by atoms with Crippen molar-refractivity contribution in [2.75, 3.05) is 19.8 Å². The summed E-state index contributed by atoms with van der Waals surface area (Å²) < 4.78 is 7.63. The summed E-state index contributed by atoms with van der Waals surface area (Å²) in [5.74, 6) is 0.642. The second-order valence-corrected chi connectivity index (χ2v) is 7.08. The van der Waals surface area contributed by atoms with Crippen LogP contribution in [-0.2, 0) is 17.8 Å². The number of aromatic nitrogens is 2. The zero-order valence-electron chi connectivity index (χ0n) is 14.5. The maximum atomic E-state index is 5.96. The van der Waals surface area contributed by atoms with Gasteiger partial charge >= 0.3 is 0 Å². The first kappa shape index (κ1) is 17.5. The lowest BCUT2D eigenvalue weighted by Gasteiger charge is -2.22. The molecular formula is C19H26ClN3O. The molecule has 4 nitrogen and oxygen atoms in total. The van der Waals surface area contributed by atoms with Gasteiger partial charge in [-0.2, -0.15) is 5.10 Å². The van der Waals surface area contributed by atoms with Gasteiger partial charge in [0.2, 0.25) is 0 Å². The number of halogens is 1. The maximum Gasteiger partial charge on any atom is 0.0662 e. The fourth-order valence-electron chi connectivity index (χ4n) is 3.28. The molecule has 1 N–H and O–H groups in total. The largest absolute Gasteiger partial charge is 0.381 e. The van der Waals surface area contributed by atoms with Crippen LogP contribution >= 0.6 is 11.6 Å². The van der Waals surface area contributed by atoms with Crippen LogP contribution in [0.3, 0.4) is 0 Å². The molecule has 5 heteroatoms. The van der Waals surface area contributed by atoms with E-state index in [4.69, 9.17) is 21.4 Å². The van der Waals surface area contributed by atoms with Gasteiger partial charge in [0.05, 0.1) is 18.8 Å². The summed E-state index contributed by atoms with van der Waals surface area (Å²) in [7, 11) is 0. The molecule has 1 aromatic carbocycles. The van der Waals surface area contributed by atoms with Crippen molar-refractivity contribution in [2.45, 2.75) is 39.8 Å². The average molecular weight is 348 g/mol. The van der Waals surface area contributed by atoms with E-state index in [1.54, 1.807) is 0 Å². The molecular weight excluding hydrogens is 322 g/mol. The van der Waals surface area contributed by atoms with Gasteiger partial charge in [-0.25, -0.2) is 0 Å². The van der Waals surface area contributed by atoms with Crippen molar-refractivity contribution in [3.8, 4) is 0 Å². The SMILES string of the molecule is Cc1nn(Cc2ccc(Cl)cc2)c(C)c1CNCC1CCCOC1. The monoisotopic (exact) mass is 347 g/mol. The Morgan fingerprint density at radius 1 is 1.29 bits per heavy atom. The molecule has 1 saturated heterocycles. The first-order valence-electron chi connectivity index (χ1n) is 8.69. The highest BCUT2D eigenvalue weighted by atomic mass is 35.5. The molecule has 0 bridgehead atoms. The Bertz CT molecular complexity index is 660. The summed E-state index contributed by atoms with van der Waals surface area (Å²) in [6.07, 6.45) is 2.45. The van der Waals surface area contributed by atoms with Crippen LogP contribution in [0.25, 0.3) is 0 Å². The van der Waals surface area contributed by atoms with Crippen LogP contribution in [0.2, 0.25) is 5.02 Å². The van der Waals surface area contributed by atoms with Gasteiger partial charge in [-0.3, -0.25) is 4.68 Å². The Labute approximate surface area is 149 Å². The third-order valence-electron chi connectivity index (χ3n) is 4.77. The van der Waals surface area contributed by atoms with Crippen LogP contribution < -0.4 is 5.32 Å². The minimum atomic E-state index is 0.642. The smallest absolute Gasteiger partial charge is 0.0662 e. The first-order valence-corrected chi connectivity index (χ1v) is 9.07. The summed E-state index contributed by atoms with van der Waals surface area (Å²) in [5.41, 5.74) is 4.85.